The summed E-state index contributed by atoms with van der Waals surface area (Å²) in [5.41, 5.74) is 0. The van der Waals surface area contributed by atoms with Crippen LogP contribution in [0.15, 0.2) is 0 Å². The first-order valence-corrected chi connectivity index (χ1v) is 7.33. The van der Waals surface area contributed by atoms with Crippen molar-refractivity contribution in [1.29, 1.82) is 0 Å². The number of piperidine rings is 2. The molecule has 2 aliphatic heterocycles. The van der Waals surface area contributed by atoms with Crippen molar-refractivity contribution in [1.82, 2.24) is 9.13 Å². The van der Waals surface area contributed by atoms with Crippen LogP contribution in [0.25, 0.3) is 0 Å². The molecule has 0 aromatic carbocycles. The van der Waals surface area contributed by atoms with Crippen LogP contribution >= 0.6 is 0 Å². The van der Waals surface area contributed by atoms with Gasteiger partial charge in [-0.3, -0.25) is 0 Å². The van der Waals surface area contributed by atoms with Gasteiger partial charge in [0.05, 0.1) is 13.1 Å². The Bertz CT molecular complexity index is 249. The van der Waals surface area contributed by atoms with E-state index in [9.17, 15) is 17.6 Å². The van der Waals surface area contributed by atoms with E-state index in [2.05, 4.69) is 0 Å². The molecule has 0 unspecified atom stereocenters. The van der Waals surface area contributed by atoms with E-state index in [4.69, 9.17) is 0 Å². The summed E-state index contributed by atoms with van der Waals surface area (Å²) in [4.78, 5) is 0. The molecule has 0 spiro atoms. The Labute approximate surface area is 101 Å². The molecule has 2 heterocycles. The number of hydrogen-bond donors (Lipinski definition) is 0. The molecule has 2 rings (SSSR count). The molecule has 2 saturated heterocycles. The number of alkyl halides is 4. The number of halogens is 4. The third kappa shape index (κ3) is 3.92. The molecule has 0 saturated carbocycles. The van der Waals surface area contributed by atoms with Crippen molar-refractivity contribution in [3.05, 3.63) is 0 Å². The second-order valence-corrected chi connectivity index (χ2v) is 7.24. The molecule has 17 heavy (non-hydrogen) atoms. The predicted octanol–water partition coefficient (Wildman–Crippen LogP) is 1.45. The highest BCUT2D eigenvalue weighted by Crippen LogP contribution is 2.28. The third-order valence-corrected chi connectivity index (χ3v) is 5.22. The lowest BCUT2D eigenvalue weighted by Gasteiger charge is -2.39. The summed E-state index contributed by atoms with van der Waals surface area (Å²) >= 11 is 0. The van der Waals surface area contributed by atoms with Crippen molar-refractivity contribution in [2.45, 2.75) is 37.5 Å². The van der Waals surface area contributed by atoms with E-state index in [-0.39, 0.29) is 25.9 Å². The van der Waals surface area contributed by atoms with Gasteiger partial charge >= 0.3 is 0 Å². The van der Waals surface area contributed by atoms with Crippen molar-refractivity contribution in [2.75, 3.05) is 26.2 Å². The van der Waals surface area contributed by atoms with Crippen LogP contribution < -0.4 is 0 Å². The largest absolute Gasteiger partial charge is 0.311 e. The van der Waals surface area contributed by atoms with Gasteiger partial charge in [0, 0.05) is 12.8 Å². The molecule has 0 aliphatic carbocycles. The van der Waals surface area contributed by atoms with Crippen LogP contribution in [0.1, 0.15) is 25.7 Å². The molecule has 0 radical (unpaired) electrons. The first-order valence-electron chi connectivity index (χ1n) is 6.07. The van der Waals surface area contributed by atoms with Crippen molar-refractivity contribution in [3.63, 3.8) is 0 Å². The molecule has 0 aromatic rings. The Morgan fingerprint density at radius 1 is 0.765 bits per heavy atom. The van der Waals surface area contributed by atoms with Gasteiger partial charge < -0.3 is 9.13 Å². The standard InChI is InChI=1S/C10H18F4N2Si/c11-9(12)3-1-5-15(7-9)17-16-6-2-4-10(13,14)8-16/h1-8,17H2. The highest BCUT2D eigenvalue weighted by molar-refractivity contribution is 6.28. The molecule has 0 bridgehead atoms. The average Bonchev–Trinajstić information content (AvgIpc) is 2.13. The minimum atomic E-state index is -2.62. The van der Waals surface area contributed by atoms with Crippen molar-refractivity contribution in [3.8, 4) is 0 Å². The molecular formula is C10H18F4N2Si. The second kappa shape index (κ2) is 4.85. The zero-order valence-electron chi connectivity index (χ0n) is 9.77. The number of hydrogen-bond acceptors (Lipinski definition) is 2. The molecule has 7 heteroatoms. The Balaban J connectivity index is 1.84. The molecule has 0 amide bonds. The fourth-order valence-corrected chi connectivity index (χ4v) is 4.77. The molecule has 2 nitrogen and oxygen atoms in total. The summed E-state index contributed by atoms with van der Waals surface area (Å²) in [6.45, 7) is 0.816. The maximum Gasteiger partial charge on any atom is 0.260 e. The monoisotopic (exact) mass is 270 g/mol. The van der Waals surface area contributed by atoms with E-state index in [1.165, 1.54) is 0 Å². The molecule has 0 atom stereocenters. The van der Waals surface area contributed by atoms with Gasteiger partial charge in [-0.05, 0) is 25.9 Å². The van der Waals surface area contributed by atoms with Crippen molar-refractivity contribution >= 4 is 9.84 Å². The van der Waals surface area contributed by atoms with Crippen LogP contribution in [0, 0.1) is 0 Å². The number of rotatable bonds is 2. The van der Waals surface area contributed by atoms with Gasteiger partial charge in [-0.2, -0.15) is 0 Å². The molecule has 0 aromatic heterocycles. The van der Waals surface area contributed by atoms with Gasteiger partial charge in [-0.15, -0.1) is 0 Å². The van der Waals surface area contributed by atoms with Gasteiger partial charge in [-0.1, -0.05) is 0 Å². The second-order valence-electron chi connectivity index (χ2n) is 5.17. The zero-order valence-corrected chi connectivity index (χ0v) is 11.2. The Morgan fingerprint density at radius 2 is 1.18 bits per heavy atom. The third-order valence-electron chi connectivity index (χ3n) is 3.34. The van der Waals surface area contributed by atoms with Crippen molar-refractivity contribution in [2.24, 2.45) is 0 Å². The van der Waals surface area contributed by atoms with E-state index in [0.717, 1.165) is 0 Å². The SMILES string of the molecule is FC1(F)CCCN([SiH2]N2CCCC(F)(F)C2)C1. The van der Waals surface area contributed by atoms with Crippen LogP contribution in [-0.4, -0.2) is 57.0 Å². The first kappa shape index (κ1) is 13.3. The fraction of sp³-hybridized carbons (Fsp3) is 1.00. The van der Waals surface area contributed by atoms with Crippen molar-refractivity contribution < 1.29 is 17.6 Å². The summed E-state index contributed by atoms with van der Waals surface area (Å²) in [6, 6.07) is 0. The van der Waals surface area contributed by atoms with E-state index < -0.39 is 21.7 Å². The minimum absolute atomic E-state index is 0.0614. The minimum Gasteiger partial charge on any atom is -0.311 e. The smallest absolute Gasteiger partial charge is 0.260 e. The fourth-order valence-electron chi connectivity index (χ4n) is 2.62. The lowest BCUT2D eigenvalue weighted by molar-refractivity contribution is -0.0556. The maximum absolute atomic E-state index is 13.2. The van der Waals surface area contributed by atoms with Gasteiger partial charge in [0.15, 0.2) is 9.84 Å². The van der Waals surface area contributed by atoms with E-state index in [1.807, 2.05) is 0 Å². The summed E-state index contributed by atoms with van der Waals surface area (Å²) < 4.78 is 56.2. The highest BCUT2D eigenvalue weighted by Gasteiger charge is 2.39. The van der Waals surface area contributed by atoms with Crippen LogP contribution in [0.5, 0.6) is 0 Å². The van der Waals surface area contributed by atoms with E-state index in [0.29, 0.717) is 25.9 Å². The van der Waals surface area contributed by atoms with Crippen LogP contribution in [-0.2, 0) is 0 Å². The van der Waals surface area contributed by atoms with Gasteiger partial charge in [0.1, 0.15) is 0 Å². The average molecular weight is 270 g/mol. The van der Waals surface area contributed by atoms with E-state index in [1.54, 1.807) is 9.13 Å². The van der Waals surface area contributed by atoms with Gasteiger partial charge in [0.2, 0.25) is 0 Å². The maximum atomic E-state index is 13.2. The van der Waals surface area contributed by atoms with Crippen LogP contribution in [0.3, 0.4) is 0 Å². The molecule has 2 fully saturated rings. The highest BCUT2D eigenvalue weighted by atomic mass is 28.2. The normalized spacial score (nSPS) is 30.4. The zero-order chi connectivity index (χ0) is 12.5. The summed E-state index contributed by atoms with van der Waals surface area (Å²) in [5.74, 6) is -5.24. The lowest BCUT2D eigenvalue weighted by Crippen LogP contribution is -2.54. The lowest BCUT2D eigenvalue weighted by atomic mass is 10.1. The van der Waals surface area contributed by atoms with E-state index >= 15 is 0 Å². The molecule has 100 valence electrons. The van der Waals surface area contributed by atoms with Gasteiger partial charge in [-0.25, -0.2) is 17.6 Å². The van der Waals surface area contributed by atoms with Crippen LogP contribution in [0.2, 0.25) is 0 Å². The molecule has 2 aliphatic rings. The van der Waals surface area contributed by atoms with Crippen LogP contribution in [0.4, 0.5) is 17.6 Å². The Hall–Kier alpha value is -0.143. The Morgan fingerprint density at radius 3 is 1.53 bits per heavy atom. The predicted molar refractivity (Wildman–Crippen MR) is 60.1 cm³/mol. The first-order chi connectivity index (χ1) is 7.86. The number of nitrogens with zero attached hydrogens (tertiary/aromatic N) is 2. The Kier molecular flexibility index (Phi) is 3.79. The summed E-state index contributed by atoms with van der Waals surface area (Å²) in [5, 5.41) is 0. The van der Waals surface area contributed by atoms with Gasteiger partial charge in [0.25, 0.3) is 11.8 Å². The molecular weight excluding hydrogens is 252 g/mol. The summed E-state index contributed by atoms with van der Waals surface area (Å²) in [6.07, 6.45) is 0.830. The quantitative estimate of drug-likeness (QED) is 0.553. The molecule has 0 N–H and O–H groups in total. The summed E-state index contributed by atoms with van der Waals surface area (Å²) in [7, 11) is -1.11. The topological polar surface area (TPSA) is 6.48 Å².